The Labute approximate surface area is 158 Å². The van der Waals surface area contributed by atoms with Crippen LogP contribution in [0, 0.1) is 0 Å². The molecule has 0 aliphatic carbocycles. The van der Waals surface area contributed by atoms with Crippen molar-refractivity contribution in [3.63, 3.8) is 0 Å². The van der Waals surface area contributed by atoms with Crippen LogP contribution in [0.15, 0.2) is 54.6 Å². The number of nitrogens with zero attached hydrogens (tertiary/aromatic N) is 2. The molecule has 0 N–H and O–H groups in total. The highest BCUT2D eigenvalue weighted by Crippen LogP contribution is 2.37. The summed E-state index contributed by atoms with van der Waals surface area (Å²) in [5, 5.41) is 0. The lowest BCUT2D eigenvalue weighted by molar-refractivity contribution is -0.158. The van der Waals surface area contributed by atoms with Gasteiger partial charge in [0.25, 0.3) is 17.4 Å². The maximum Gasteiger partial charge on any atom is 0.280 e. The minimum absolute atomic E-state index is 0.206. The highest BCUT2D eigenvalue weighted by atomic mass is 16.5. The summed E-state index contributed by atoms with van der Waals surface area (Å²) in [6.07, 6.45) is 0.690. The molecule has 0 saturated heterocycles. The van der Waals surface area contributed by atoms with Crippen LogP contribution in [0.2, 0.25) is 0 Å². The second-order valence-corrected chi connectivity index (χ2v) is 6.76. The summed E-state index contributed by atoms with van der Waals surface area (Å²) in [5.41, 5.74) is -0.277. The molecule has 0 fully saturated rings. The van der Waals surface area contributed by atoms with Gasteiger partial charge in [0.15, 0.2) is 0 Å². The number of ether oxygens (including phenoxy) is 1. The van der Waals surface area contributed by atoms with E-state index in [0.717, 1.165) is 5.56 Å². The second-order valence-electron chi connectivity index (χ2n) is 6.76. The fraction of sp³-hybridized carbons (Fsp3) is 0.286. The molecule has 1 aliphatic rings. The topological polar surface area (TPSA) is 66.9 Å². The number of fused-ring (bicyclic) bond motifs is 1. The van der Waals surface area contributed by atoms with Gasteiger partial charge in [-0.25, -0.2) is 0 Å². The minimum atomic E-state index is -1.74. The smallest absolute Gasteiger partial charge is 0.280 e. The van der Waals surface area contributed by atoms with Gasteiger partial charge in [-0.05, 0) is 31.5 Å². The first-order valence-electron chi connectivity index (χ1n) is 8.75. The molecule has 3 rings (SSSR count). The van der Waals surface area contributed by atoms with Crippen molar-refractivity contribution in [1.29, 1.82) is 0 Å². The largest absolute Gasteiger partial charge is 0.465 e. The number of benzene rings is 2. The van der Waals surface area contributed by atoms with E-state index >= 15 is 0 Å². The number of rotatable bonds is 5. The number of carbonyl (C=O) groups excluding carboxylic acids is 3. The molecule has 1 unspecified atom stereocenters. The maximum absolute atomic E-state index is 13.4. The highest BCUT2D eigenvalue weighted by molar-refractivity contribution is 6.16. The highest BCUT2D eigenvalue weighted by Gasteiger charge is 2.52. The van der Waals surface area contributed by atoms with Crippen molar-refractivity contribution in [3.05, 3.63) is 60.2 Å². The summed E-state index contributed by atoms with van der Waals surface area (Å²) in [6, 6.07) is 15.7. The molecule has 0 radical (unpaired) electrons. The van der Waals surface area contributed by atoms with Crippen molar-refractivity contribution >= 4 is 23.8 Å². The molecule has 2 aromatic carbocycles. The summed E-state index contributed by atoms with van der Waals surface area (Å²) in [5.74, 6) is -0.562. The standard InChI is InChI=1S/C21H22N2O4/c1-15(14-24)23(13-16-9-5-4-6-10-16)20(26)21(2)19(25)22(3)17-11-7-8-12-18(17)27-21/h4-12,14-15H,13H2,1-3H3/t15-,21?/m0/s1. The van der Waals surface area contributed by atoms with Crippen LogP contribution in [-0.2, 0) is 20.9 Å². The minimum Gasteiger partial charge on any atom is -0.465 e. The summed E-state index contributed by atoms with van der Waals surface area (Å²) in [7, 11) is 1.61. The van der Waals surface area contributed by atoms with E-state index in [1.54, 1.807) is 38.2 Å². The molecular formula is C21H22N2O4. The molecule has 0 bridgehead atoms. The average molecular weight is 366 g/mol. The molecule has 1 heterocycles. The first kappa shape index (κ1) is 18.6. The van der Waals surface area contributed by atoms with Gasteiger partial charge in [0.05, 0.1) is 11.7 Å². The van der Waals surface area contributed by atoms with Crippen molar-refractivity contribution in [2.75, 3.05) is 11.9 Å². The summed E-state index contributed by atoms with van der Waals surface area (Å²) in [4.78, 5) is 40.6. The average Bonchev–Trinajstić information content (AvgIpc) is 2.70. The number of carbonyl (C=O) groups is 3. The SMILES string of the molecule is C[C@@H](C=O)N(Cc1ccccc1)C(=O)C1(C)Oc2ccccc2N(C)C1=O. The van der Waals surface area contributed by atoms with Crippen LogP contribution >= 0.6 is 0 Å². The van der Waals surface area contributed by atoms with Gasteiger partial charge >= 0.3 is 0 Å². The Morgan fingerprint density at radius 3 is 2.48 bits per heavy atom. The molecule has 27 heavy (non-hydrogen) atoms. The molecule has 2 atom stereocenters. The Hall–Kier alpha value is -3.15. The molecule has 0 saturated carbocycles. The fourth-order valence-electron chi connectivity index (χ4n) is 3.18. The number of hydrogen-bond acceptors (Lipinski definition) is 4. The Balaban J connectivity index is 1.97. The Bertz CT molecular complexity index is 867. The van der Waals surface area contributed by atoms with Gasteiger partial charge in [-0.2, -0.15) is 0 Å². The number of likely N-dealkylation sites (N-methyl/N-ethyl adjacent to an activating group) is 1. The van der Waals surface area contributed by atoms with Crippen molar-refractivity contribution in [3.8, 4) is 5.75 Å². The zero-order valence-electron chi connectivity index (χ0n) is 15.6. The zero-order chi connectivity index (χ0) is 19.6. The molecular weight excluding hydrogens is 344 g/mol. The lowest BCUT2D eigenvalue weighted by Gasteiger charge is -2.41. The number of aldehydes is 1. The molecule has 0 spiro atoms. The normalized spacial score (nSPS) is 19.7. The second kappa shape index (κ2) is 7.23. The summed E-state index contributed by atoms with van der Waals surface area (Å²) in [6.45, 7) is 3.29. The Morgan fingerprint density at radius 1 is 1.19 bits per heavy atom. The van der Waals surface area contributed by atoms with E-state index in [1.165, 1.54) is 16.7 Å². The van der Waals surface area contributed by atoms with Crippen LogP contribution < -0.4 is 9.64 Å². The Kier molecular flexibility index (Phi) is 4.99. The first-order valence-corrected chi connectivity index (χ1v) is 8.75. The number of amides is 2. The van der Waals surface area contributed by atoms with E-state index < -0.39 is 23.5 Å². The van der Waals surface area contributed by atoms with E-state index in [4.69, 9.17) is 4.74 Å². The third-order valence-electron chi connectivity index (χ3n) is 4.81. The van der Waals surface area contributed by atoms with Crippen LogP contribution in [0.1, 0.15) is 19.4 Å². The summed E-state index contributed by atoms with van der Waals surface area (Å²) >= 11 is 0. The molecule has 2 aromatic rings. The van der Waals surface area contributed by atoms with Gasteiger partial charge in [-0.15, -0.1) is 0 Å². The molecule has 2 amide bonds. The van der Waals surface area contributed by atoms with Crippen LogP contribution in [-0.4, -0.2) is 41.7 Å². The van der Waals surface area contributed by atoms with Gasteiger partial charge in [0, 0.05) is 13.6 Å². The van der Waals surface area contributed by atoms with E-state index in [0.29, 0.717) is 17.7 Å². The van der Waals surface area contributed by atoms with Gasteiger partial charge in [0.1, 0.15) is 12.0 Å². The Morgan fingerprint density at radius 2 is 1.81 bits per heavy atom. The first-order chi connectivity index (χ1) is 12.9. The molecule has 1 aliphatic heterocycles. The number of anilines is 1. The van der Waals surface area contributed by atoms with E-state index in [1.807, 2.05) is 30.3 Å². The van der Waals surface area contributed by atoms with Crippen LogP contribution in [0.25, 0.3) is 0 Å². The monoisotopic (exact) mass is 366 g/mol. The number of hydrogen-bond donors (Lipinski definition) is 0. The van der Waals surface area contributed by atoms with Gasteiger partial charge in [-0.1, -0.05) is 42.5 Å². The van der Waals surface area contributed by atoms with Crippen LogP contribution in [0.3, 0.4) is 0 Å². The van der Waals surface area contributed by atoms with Crippen molar-refractivity contribution in [2.45, 2.75) is 32.0 Å². The van der Waals surface area contributed by atoms with Crippen LogP contribution in [0.4, 0.5) is 5.69 Å². The molecule has 140 valence electrons. The maximum atomic E-state index is 13.4. The molecule has 0 aromatic heterocycles. The van der Waals surface area contributed by atoms with Crippen molar-refractivity contribution in [1.82, 2.24) is 4.90 Å². The molecule has 6 nitrogen and oxygen atoms in total. The summed E-state index contributed by atoms with van der Waals surface area (Å²) < 4.78 is 5.88. The third-order valence-corrected chi connectivity index (χ3v) is 4.81. The van der Waals surface area contributed by atoms with Crippen molar-refractivity contribution in [2.24, 2.45) is 0 Å². The molecule has 6 heteroatoms. The van der Waals surface area contributed by atoms with Gasteiger partial charge < -0.3 is 19.3 Å². The van der Waals surface area contributed by atoms with Gasteiger partial charge in [-0.3, -0.25) is 9.59 Å². The van der Waals surface area contributed by atoms with E-state index in [-0.39, 0.29) is 6.54 Å². The van der Waals surface area contributed by atoms with Gasteiger partial charge in [0.2, 0.25) is 0 Å². The fourth-order valence-corrected chi connectivity index (χ4v) is 3.18. The van der Waals surface area contributed by atoms with E-state index in [9.17, 15) is 14.4 Å². The lowest BCUT2D eigenvalue weighted by Crippen LogP contribution is -2.63. The van der Waals surface area contributed by atoms with Crippen LogP contribution in [0.5, 0.6) is 5.75 Å². The van der Waals surface area contributed by atoms with E-state index in [2.05, 4.69) is 0 Å². The predicted octanol–water partition coefficient (Wildman–Crippen LogP) is 2.42. The third kappa shape index (κ3) is 3.30. The quantitative estimate of drug-likeness (QED) is 0.602. The predicted molar refractivity (Wildman–Crippen MR) is 101 cm³/mol. The number of para-hydroxylation sites is 2. The lowest BCUT2D eigenvalue weighted by atomic mass is 9.98. The van der Waals surface area contributed by atoms with Crippen molar-refractivity contribution < 1.29 is 19.1 Å². The zero-order valence-corrected chi connectivity index (χ0v) is 15.6.